The number of halogens is 2. The van der Waals surface area contributed by atoms with Crippen LogP contribution in [0.4, 0.5) is 0 Å². The Morgan fingerprint density at radius 1 is 1.08 bits per heavy atom. The number of benzene rings is 2. The van der Waals surface area contributed by atoms with Gasteiger partial charge in [0.1, 0.15) is 0 Å². The van der Waals surface area contributed by atoms with Gasteiger partial charge in [-0.2, -0.15) is 5.10 Å². The number of hydrogen-bond donors (Lipinski definition) is 2. The summed E-state index contributed by atoms with van der Waals surface area (Å²) in [5.74, 6) is -0.780. The summed E-state index contributed by atoms with van der Waals surface area (Å²) < 4.78 is 0. The Bertz CT molecular complexity index is 771. The first-order chi connectivity index (χ1) is 11.5. The summed E-state index contributed by atoms with van der Waals surface area (Å²) in [5, 5.41) is 7.17. The normalized spacial score (nSPS) is 10.6. The number of nitrogens with zero attached hydrogens (tertiary/aromatic N) is 1. The van der Waals surface area contributed by atoms with Crippen molar-refractivity contribution in [1.29, 1.82) is 0 Å². The van der Waals surface area contributed by atoms with Crippen molar-refractivity contribution >= 4 is 41.2 Å². The molecular formula is C17H15Cl2N3O2. The lowest BCUT2D eigenvalue weighted by Gasteiger charge is -2.06. The van der Waals surface area contributed by atoms with Gasteiger partial charge < -0.3 is 5.32 Å². The SMILES string of the molecule is Cc1ccccc1C(=O)NCC(=O)N/N=C/c1c(Cl)cccc1Cl. The van der Waals surface area contributed by atoms with E-state index in [1.807, 2.05) is 19.1 Å². The van der Waals surface area contributed by atoms with Crippen LogP contribution in [-0.4, -0.2) is 24.6 Å². The van der Waals surface area contributed by atoms with Crippen molar-refractivity contribution in [1.82, 2.24) is 10.7 Å². The van der Waals surface area contributed by atoms with Gasteiger partial charge >= 0.3 is 0 Å². The molecule has 0 fully saturated rings. The summed E-state index contributed by atoms with van der Waals surface area (Å²) >= 11 is 12.0. The van der Waals surface area contributed by atoms with Gasteiger partial charge in [0.15, 0.2) is 0 Å². The van der Waals surface area contributed by atoms with Gasteiger partial charge in [0, 0.05) is 11.1 Å². The summed E-state index contributed by atoms with van der Waals surface area (Å²) in [6, 6.07) is 12.2. The van der Waals surface area contributed by atoms with E-state index in [2.05, 4.69) is 15.8 Å². The minimum atomic E-state index is -0.462. The first-order valence-corrected chi connectivity index (χ1v) is 7.84. The maximum atomic E-state index is 12.0. The quantitative estimate of drug-likeness (QED) is 0.632. The third-order valence-corrected chi connectivity index (χ3v) is 3.84. The van der Waals surface area contributed by atoms with Crippen LogP contribution in [0.3, 0.4) is 0 Å². The minimum Gasteiger partial charge on any atom is -0.343 e. The highest BCUT2D eigenvalue weighted by atomic mass is 35.5. The topological polar surface area (TPSA) is 70.6 Å². The van der Waals surface area contributed by atoms with E-state index in [0.717, 1.165) is 5.56 Å². The van der Waals surface area contributed by atoms with Gasteiger partial charge in [-0.1, -0.05) is 47.5 Å². The van der Waals surface area contributed by atoms with Gasteiger partial charge in [-0.15, -0.1) is 0 Å². The predicted octanol–water partition coefficient (Wildman–Crippen LogP) is 3.18. The summed E-state index contributed by atoms with van der Waals surface area (Å²) in [6.07, 6.45) is 1.35. The summed E-state index contributed by atoms with van der Waals surface area (Å²) in [6.45, 7) is 1.63. The Labute approximate surface area is 149 Å². The maximum absolute atomic E-state index is 12.0. The summed E-state index contributed by atoms with van der Waals surface area (Å²) in [4.78, 5) is 23.7. The molecular weight excluding hydrogens is 349 g/mol. The van der Waals surface area contributed by atoms with Gasteiger partial charge in [0.25, 0.3) is 11.8 Å². The number of hydrazone groups is 1. The first-order valence-electron chi connectivity index (χ1n) is 7.09. The second-order valence-electron chi connectivity index (χ2n) is 4.93. The van der Waals surface area contributed by atoms with Gasteiger partial charge in [-0.3, -0.25) is 9.59 Å². The van der Waals surface area contributed by atoms with E-state index in [9.17, 15) is 9.59 Å². The molecule has 2 aromatic carbocycles. The highest BCUT2D eigenvalue weighted by Crippen LogP contribution is 2.21. The Balaban J connectivity index is 1.87. The average molecular weight is 364 g/mol. The molecule has 2 rings (SSSR count). The number of carbonyl (C=O) groups excluding carboxylic acids is 2. The second-order valence-corrected chi connectivity index (χ2v) is 5.74. The molecule has 0 saturated heterocycles. The van der Waals surface area contributed by atoms with E-state index in [4.69, 9.17) is 23.2 Å². The molecule has 2 amide bonds. The molecule has 0 aliphatic carbocycles. The molecule has 0 aliphatic heterocycles. The van der Waals surface area contributed by atoms with Crippen LogP contribution < -0.4 is 10.7 Å². The number of amides is 2. The van der Waals surface area contributed by atoms with Crippen molar-refractivity contribution in [2.75, 3.05) is 6.54 Å². The van der Waals surface area contributed by atoms with Crippen molar-refractivity contribution < 1.29 is 9.59 Å². The van der Waals surface area contributed by atoms with E-state index < -0.39 is 5.91 Å². The fraction of sp³-hybridized carbons (Fsp3) is 0.118. The molecule has 7 heteroatoms. The van der Waals surface area contributed by atoms with Crippen LogP contribution in [-0.2, 0) is 4.79 Å². The van der Waals surface area contributed by atoms with Crippen molar-refractivity contribution in [2.24, 2.45) is 5.10 Å². The van der Waals surface area contributed by atoms with Crippen molar-refractivity contribution in [2.45, 2.75) is 6.92 Å². The molecule has 0 aliphatic rings. The summed E-state index contributed by atoms with van der Waals surface area (Å²) in [5.41, 5.74) is 4.17. The van der Waals surface area contributed by atoms with Crippen LogP contribution in [0.1, 0.15) is 21.5 Å². The zero-order valence-corrected chi connectivity index (χ0v) is 14.4. The fourth-order valence-electron chi connectivity index (χ4n) is 1.93. The van der Waals surface area contributed by atoms with Gasteiger partial charge in [0.2, 0.25) is 0 Å². The summed E-state index contributed by atoms with van der Waals surface area (Å²) in [7, 11) is 0. The lowest BCUT2D eigenvalue weighted by atomic mass is 10.1. The standard InChI is InChI=1S/C17H15Cl2N3O2/c1-11-5-2-3-6-12(11)17(24)20-10-16(23)22-21-9-13-14(18)7-4-8-15(13)19/h2-9H,10H2,1H3,(H,20,24)(H,22,23)/b21-9+. The van der Waals surface area contributed by atoms with Crippen LogP contribution >= 0.6 is 23.2 Å². The highest BCUT2D eigenvalue weighted by molar-refractivity contribution is 6.38. The molecule has 2 N–H and O–H groups in total. The van der Waals surface area contributed by atoms with Crippen LogP contribution in [0.25, 0.3) is 0 Å². The number of rotatable bonds is 5. The van der Waals surface area contributed by atoms with Gasteiger partial charge in [-0.25, -0.2) is 5.43 Å². The van der Waals surface area contributed by atoms with E-state index >= 15 is 0 Å². The smallest absolute Gasteiger partial charge is 0.259 e. The molecule has 0 bridgehead atoms. The lowest BCUT2D eigenvalue weighted by molar-refractivity contribution is -0.120. The van der Waals surface area contributed by atoms with Gasteiger partial charge in [-0.05, 0) is 30.7 Å². The van der Waals surface area contributed by atoms with Crippen molar-refractivity contribution in [3.63, 3.8) is 0 Å². The van der Waals surface area contributed by atoms with Crippen LogP contribution in [0.5, 0.6) is 0 Å². The predicted molar refractivity (Wildman–Crippen MR) is 95.7 cm³/mol. The van der Waals surface area contributed by atoms with Gasteiger partial charge in [0.05, 0.1) is 22.8 Å². The number of carbonyl (C=O) groups is 2. The van der Waals surface area contributed by atoms with E-state index in [-0.39, 0.29) is 12.5 Å². The third kappa shape index (κ3) is 4.81. The number of aryl methyl sites for hydroxylation is 1. The number of hydrogen-bond acceptors (Lipinski definition) is 3. The molecule has 0 aromatic heterocycles. The second kappa shape index (κ2) is 8.47. The average Bonchev–Trinajstić information content (AvgIpc) is 2.56. The Hall–Kier alpha value is -2.37. The molecule has 124 valence electrons. The Kier molecular flexibility index (Phi) is 6.35. The van der Waals surface area contributed by atoms with Crippen molar-refractivity contribution in [3.8, 4) is 0 Å². The van der Waals surface area contributed by atoms with Crippen LogP contribution in [0.2, 0.25) is 10.0 Å². The molecule has 2 aromatic rings. The third-order valence-electron chi connectivity index (χ3n) is 3.18. The Morgan fingerprint density at radius 3 is 2.42 bits per heavy atom. The molecule has 0 radical (unpaired) electrons. The van der Waals surface area contributed by atoms with E-state index in [1.54, 1.807) is 30.3 Å². The molecule has 0 heterocycles. The number of nitrogens with one attached hydrogen (secondary N) is 2. The highest BCUT2D eigenvalue weighted by Gasteiger charge is 2.09. The van der Waals surface area contributed by atoms with Crippen LogP contribution in [0.15, 0.2) is 47.6 Å². The zero-order chi connectivity index (χ0) is 17.5. The molecule has 0 spiro atoms. The zero-order valence-electron chi connectivity index (χ0n) is 12.8. The lowest BCUT2D eigenvalue weighted by Crippen LogP contribution is -2.35. The Morgan fingerprint density at radius 2 is 1.75 bits per heavy atom. The minimum absolute atomic E-state index is 0.194. The van der Waals surface area contributed by atoms with Crippen molar-refractivity contribution in [3.05, 3.63) is 69.2 Å². The molecule has 5 nitrogen and oxygen atoms in total. The largest absolute Gasteiger partial charge is 0.343 e. The first kappa shape index (κ1) is 18.0. The monoisotopic (exact) mass is 363 g/mol. The fourth-order valence-corrected chi connectivity index (χ4v) is 2.42. The van der Waals surface area contributed by atoms with E-state index in [1.165, 1.54) is 6.21 Å². The molecule has 0 saturated carbocycles. The van der Waals surface area contributed by atoms with E-state index in [0.29, 0.717) is 21.2 Å². The molecule has 0 atom stereocenters. The molecule has 0 unspecified atom stereocenters. The maximum Gasteiger partial charge on any atom is 0.259 e. The van der Waals surface area contributed by atoms with Crippen LogP contribution in [0, 0.1) is 6.92 Å². The molecule has 24 heavy (non-hydrogen) atoms.